The van der Waals surface area contributed by atoms with E-state index in [4.69, 9.17) is 11.6 Å². The molecule has 1 N–H and O–H groups in total. The average molecular weight is 547 g/mol. The first-order valence-electron chi connectivity index (χ1n) is 11.5. The molecule has 1 fully saturated rings. The third kappa shape index (κ3) is 5.18. The van der Waals surface area contributed by atoms with E-state index in [2.05, 4.69) is 23.5 Å². The Morgan fingerprint density at radius 3 is 2.72 bits per heavy atom. The van der Waals surface area contributed by atoms with Gasteiger partial charge in [0.15, 0.2) is 0 Å². The standard InChI is InChI=1S/C24H25ClN6O3S2.H2/c1-17-15-30(20-3-5-21(6-4-20)36(33,34)28-24-26-16-27-35-24)12-13-31(17)23(32)9-11-29-10-8-18-14-19(25)2-7-22(18)29;/h2-8,10,14,16-17H,9,11-13,15H2,1H3,(H,26,27,28);1H. The van der Waals surface area contributed by atoms with Gasteiger partial charge in [0.1, 0.15) is 6.33 Å². The van der Waals surface area contributed by atoms with E-state index >= 15 is 0 Å². The summed E-state index contributed by atoms with van der Waals surface area (Å²) in [6.07, 6.45) is 3.71. The van der Waals surface area contributed by atoms with Crippen molar-refractivity contribution in [1.82, 2.24) is 18.8 Å². The van der Waals surface area contributed by atoms with Gasteiger partial charge < -0.3 is 14.4 Å². The summed E-state index contributed by atoms with van der Waals surface area (Å²) < 4.78 is 33.4. The van der Waals surface area contributed by atoms with Crippen molar-refractivity contribution in [1.29, 1.82) is 0 Å². The third-order valence-corrected chi connectivity index (χ3v) is 8.64. The molecule has 1 atom stereocenters. The fraction of sp³-hybridized carbons (Fsp3) is 0.292. The van der Waals surface area contributed by atoms with Crippen LogP contribution in [-0.2, 0) is 21.4 Å². The van der Waals surface area contributed by atoms with Gasteiger partial charge in [-0.25, -0.2) is 13.4 Å². The molecular formula is C24H27ClN6O3S2. The fourth-order valence-corrected chi connectivity index (χ4v) is 6.36. The molecule has 3 heterocycles. The quantitative estimate of drug-likeness (QED) is 0.370. The van der Waals surface area contributed by atoms with E-state index in [0.717, 1.165) is 28.1 Å². The predicted octanol–water partition coefficient (Wildman–Crippen LogP) is 4.32. The average Bonchev–Trinajstić information content (AvgIpc) is 3.51. The minimum atomic E-state index is -3.72. The molecule has 2 aromatic carbocycles. The third-order valence-electron chi connectivity index (χ3n) is 6.34. The van der Waals surface area contributed by atoms with E-state index in [1.54, 1.807) is 24.3 Å². The molecule has 0 radical (unpaired) electrons. The van der Waals surface area contributed by atoms with Crippen LogP contribution in [0.1, 0.15) is 14.8 Å². The van der Waals surface area contributed by atoms with Crippen LogP contribution < -0.4 is 9.62 Å². The Hall–Kier alpha value is -3.15. The zero-order chi connectivity index (χ0) is 25.3. The number of carbonyl (C=O) groups is 1. The predicted molar refractivity (Wildman–Crippen MR) is 144 cm³/mol. The Bertz CT molecular complexity index is 1480. The van der Waals surface area contributed by atoms with Crippen molar-refractivity contribution in [2.24, 2.45) is 0 Å². The molecule has 12 heteroatoms. The van der Waals surface area contributed by atoms with Gasteiger partial charge >= 0.3 is 0 Å². The molecule has 36 heavy (non-hydrogen) atoms. The van der Waals surface area contributed by atoms with Crippen molar-refractivity contribution in [2.45, 2.75) is 30.8 Å². The fourth-order valence-electron chi connectivity index (χ4n) is 4.52. The van der Waals surface area contributed by atoms with Crippen molar-refractivity contribution < 1.29 is 14.6 Å². The zero-order valence-electron chi connectivity index (χ0n) is 19.5. The molecule has 1 amide bonds. The van der Waals surface area contributed by atoms with Crippen LogP contribution in [0.3, 0.4) is 0 Å². The SMILES string of the molecule is CC1CN(c2ccc(S(=O)(=O)Nc3ncns3)cc2)CCN1C(=O)CCn1ccc2cc(Cl)ccc21.[HH]. The van der Waals surface area contributed by atoms with Crippen LogP contribution in [0.15, 0.2) is 66.0 Å². The van der Waals surface area contributed by atoms with Crippen molar-refractivity contribution >= 4 is 60.8 Å². The number of benzene rings is 2. The summed E-state index contributed by atoms with van der Waals surface area (Å²) in [5, 5.41) is 1.99. The van der Waals surface area contributed by atoms with Gasteiger partial charge in [0, 0.05) is 79.4 Å². The molecule has 2 aromatic heterocycles. The van der Waals surface area contributed by atoms with E-state index < -0.39 is 10.0 Å². The second-order valence-electron chi connectivity index (χ2n) is 8.69. The maximum Gasteiger partial charge on any atom is 0.263 e. The number of hydrogen-bond acceptors (Lipinski definition) is 7. The van der Waals surface area contributed by atoms with Crippen molar-refractivity contribution in [3.8, 4) is 0 Å². The number of piperazine rings is 1. The van der Waals surface area contributed by atoms with Gasteiger partial charge in [0.25, 0.3) is 10.0 Å². The summed E-state index contributed by atoms with van der Waals surface area (Å²) in [5.74, 6) is 0.127. The summed E-state index contributed by atoms with van der Waals surface area (Å²) in [7, 11) is -3.72. The highest BCUT2D eigenvalue weighted by molar-refractivity contribution is 7.93. The topological polar surface area (TPSA) is 100 Å². The molecule has 1 aliphatic heterocycles. The van der Waals surface area contributed by atoms with Gasteiger partial charge in [0.2, 0.25) is 11.0 Å². The highest BCUT2D eigenvalue weighted by atomic mass is 35.5. The van der Waals surface area contributed by atoms with E-state index in [1.807, 2.05) is 42.3 Å². The van der Waals surface area contributed by atoms with Crippen LogP contribution in [0, 0.1) is 0 Å². The Labute approximate surface area is 220 Å². The molecular weight excluding hydrogens is 520 g/mol. The van der Waals surface area contributed by atoms with Gasteiger partial charge in [-0.2, -0.15) is 4.37 Å². The van der Waals surface area contributed by atoms with Crippen molar-refractivity contribution in [3.63, 3.8) is 0 Å². The number of rotatable bonds is 7. The molecule has 9 nitrogen and oxygen atoms in total. The first-order valence-corrected chi connectivity index (χ1v) is 14.1. The second kappa shape index (κ2) is 10.1. The molecule has 0 aliphatic carbocycles. The van der Waals surface area contributed by atoms with Gasteiger partial charge in [-0.3, -0.25) is 9.52 Å². The van der Waals surface area contributed by atoms with E-state index in [-0.39, 0.29) is 23.4 Å². The molecule has 5 rings (SSSR count). The van der Waals surface area contributed by atoms with E-state index in [9.17, 15) is 13.2 Å². The summed E-state index contributed by atoms with van der Waals surface area (Å²) in [6, 6.07) is 14.6. The lowest BCUT2D eigenvalue weighted by Gasteiger charge is -2.41. The van der Waals surface area contributed by atoms with Crippen molar-refractivity contribution in [2.75, 3.05) is 29.3 Å². The number of fused-ring (bicyclic) bond motifs is 1. The lowest BCUT2D eigenvalue weighted by Crippen LogP contribution is -2.54. The number of amides is 1. The second-order valence-corrected chi connectivity index (χ2v) is 11.6. The largest absolute Gasteiger partial charge is 0.368 e. The number of carbonyl (C=O) groups excluding carboxylic acids is 1. The number of hydrogen-bond donors (Lipinski definition) is 1. The Morgan fingerprint density at radius 1 is 1.19 bits per heavy atom. The zero-order valence-corrected chi connectivity index (χ0v) is 21.9. The minimum Gasteiger partial charge on any atom is -0.368 e. The number of anilines is 2. The van der Waals surface area contributed by atoms with Crippen LogP contribution in [0.2, 0.25) is 5.02 Å². The number of nitrogens with zero attached hydrogens (tertiary/aromatic N) is 5. The molecule has 0 bridgehead atoms. The normalized spacial score (nSPS) is 16.4. The minimum absolute atomic E-state index is 0. The number of aromatic nitrogens is 3. The first-order chi connectivity index (χ1) is 17.3. The van der Waals surface area contributed by atoms with E-state index in [1.165, 1.54) is 6.33 Å². The highest BCUT2D eigenvalue weighted by Gasteiger charge is 2.27. The van der Waals surface area contributed by atoms with Crippen LogP contribution in [-0.4, -0.2) is 58.8 Å². The first kappa shape index (κ1) is 24.5. The highest BCUT2D eigenvalue weighted by Crippen LogP contribution is 2.24. The number of halogens is 1. The number of aryl methyl sites for hydroxylation is 1. The summed E-state index contributed by atoms with van der Waals surface area (Å²) in [4.78, 5) is 21.1. The lowest BCUT2D eigenvalue weighted by atomic mass is 10.1. The van der Waals surface area contributed by atoms with Gasteiger partial charge in [-0.1, -0.05) is 11.6 Å². The van der Waals surface area contributed by atoms with Crippen LogP contribution in [0.25, 0.3) is 10.9 Å². The molecule has 1 saturated heterocycles. The molecule has 0 saturated carbocycles. The van der Waals surface area contributed by atoms with Gasteiger partial charge in [-0.05, 0) is 55.5 Å². The summed E-state index contributed by atoms with van der Waals surface area (Å²) in [5.41, 5.74) is 1.98. The number of nitrogens with one attached hydrogen (secondary N) is 1. The molecule has 1 aliphatic rings. The Balaban J connectivity index is 0.00000320. The molecule has 190 valence electrons. The number of sulfonamides is 1. The maximum atomic E-state index is 13.0. The van der Waals surface area contributed by atoms with E-state index in [0.29, 0.717) is 37.6 Å². The summed E-state index contributed by atoms with van der Waals surface area (Å²) in [6.45, 7) is 4.61. The van der Waals surface area contributed by atoms with Crippen molar-refractivity contribution in [3.05, 3.63) is 66.1 Å². The molecule has 1 unspecified atom stereocenters. The van der Waals surface area contributed by atoms with Crippen LogP contribution in [0.5, 0.6) is 0 Å². The summed E-state index contributed by atoms with van der Waals surface area (Å²) >= 11 is 7.05. The Morgan fingerprint density at radius 2 is 2.00 bits per heavy atom. The molecule has 0 spiro atoms. The molecule has 4 aromatic rings. The smallest absolute Gasteiger partial charge is 0.263 e. The lowest BCUT2D eigenvalue weighted by molar-refractivity contribution is -0.133. The Kier molecular flexibility index (Phi) is 6.87. The van der Waals surface area contributed by atoms with Crippen LogP contribution >= 0.6 is 23.1 Å². The van der Waals surface area contributed by atoms with Gasteiger partial charge in [0.05, 0.1) is 4.90 Å². The monoisotopic (exact) mass is 546 g/mol. The van der Waals surface area contributed by atoms with Crippen LogP contribution in [0.4, 0.5) is 10.8 Å². The maximum absolute atomic E-state index is 13.0. The van der Waals surface area contributed by atoms with Gasteiger partial charge in [-0.15, -0.1) is 0 Å².